The molecular weight excluding hydrogens is 355 g/mol. The summed E-state index contributed by atoms with van der Waals surface area (Å²) in [5.74, 6) is -0.721. The van der Waals surface area contributed by atoms with Gasteiger partial charge in [-0.3, -0.25) is 19.1 Å². The van der Waals surface area contributed by atoms with E-state index in [1.54, 1.807) is 0 Å². The lowest BCUT2D eigenvalue weighted by molar-refractivity contribution is -0.385. The van der Waals surface area contributed by atoms with Crippen molar-refractivity contribution in [1.82, 2.24) is 0 Å². The van der Waals surface area contributed by atoms with Crippen LogP contribution in [0, 0.1) is 10.1 Å². The molecule has 1 aromatic rings. The molecule has 1 rings (SSSR count). The molecule has 0 heterocycles. The second-order valence-electron chi connectivity index (χ2n) is 5.01. The van der Waals surface area contributed by atoms with Gasteiger partial charge in [-0.05, 0) is 11.1 Å². The summed E-state index contributed by atoms with van der Waals surface area (Å²) in [5, 5.41) is 10.8. The lowest BCUT2D eigenvalue weighted by atomic mass is 10.00. The first-order valence-electron chi connectivity index (χ1n) is 6.56. The van der Waals surface area contributed by atoms with Gasteiger partial charge in [-0.15, -0.1) is 0 Å². The van der Waals surface area contributed by atoms with Gasteiger partial charge in [-0.2, -0.15) is 21.6 Å². The van der Waals surface area contributed by atoms with Crippen LogP contribution in [-0.4, -0.2) is 31.6 Å². The van der Waals surface area contributed by atoms with Gasteiger partial charge in [-0.1, -0.05) is 6.07 Å². The molecule has 0 saturated carbocycles. The van der Waals surface area contributed by atoms with Crippen LogP contribution in [-0.2, 0) is 32.1 Å². The fourth-order valence-corrected chi connectivity index (χ4v) is 2.13. The topological polar surface area (TPSA) is 104 Å². The van der Waals surface area contributed by atoms with E-state index in [0.29, 0.717) is 0 Å². The monoisotopic (exact) mass is 369 g/mol. The Hall–Kier alpha value is -2.01. The van der Waals surface area contributed by atoms with Crippen LogP contribution in [0.3, 0.4) is 0 Å². The fraction of sp³-hybridized carbons (Fsp3) is 0.462. The second kappa shape index (κ2) is 7.71. The van der Waals surface area contributed by atoms with Crippen molar-refractivity contribution in [2.45, 2.75) is 32.0 Å². The molecular formula is C13H14F3NO6S. The van der Waals surface area contributed by atoms with E-state index < -0.39 is 52.9 Å². The molecule has 0 aliphatic carbocycles. The number of non-ortho nitro benzene ring substituents is 1. The third kappa shape index (κ3) is 7.51. The largest absolute Gasteiger partial charge is 0.389 e. The molecule has 0 fully saturated rings. The lowest BCUT2D eigenvalue weighted by Gasteiger charge is -2.10. The van der Waals surface area contributed by atoms with Gasteiger partial charge in [0.15, 0.2) is 0 Å². The van der Waals surface area contributed by atoms with Gasteiger partial charge in [0.25, 0.3) is 15.8 Å². The normalized spacial score (nSPS) is 12.2. The number of alkyl halides is 3. The van der Waals surface area contributed by atoms with Crippen molar-refractivity contribution in [3.63, 3.8) is 0 Å². The molecule has 0 aliphatic rings. The molecule has 0 N–H and O–H groups in total. The number of benzene rings is 1. The van der Waals surface area contributed by atoms with Crippen molar-refractivity contribution in [3.05, 3.63) is 39.4 Å². The molecule has 134 valence electrons. The summed E-state index contributed by atoms with van der Waals surface area (Å²) in [6.45, 7) is -0.553. The standard InChI is InChI=1S/C13H14F3NO6S/c1-24(21,22)23-8-10-6-11(17(19)20)3-2-9(10)7-12(18)4-5-13(14,15)16/h2-3,6H,4-5,7-8H2,1H3. The van der Waals surface area contributed by atoms with Crippen LogP contribution in [0.5, 0.6) is 0 Å². The molecule has 0 aliphatic heterocycles. The summed E-state index contributed by atoms with van der Waals surface area (Å²) in [5.41, 5.74) is -0.125. The summed E-state index contributed by atoms with van der Waals surface area (Å²) in [6, 6.07) is 3.30. The highest BCUT2D eigenvalue weighted by atomic mass is 32.2. The SMILES string of the molecule is CS(=O)(=O)OCc1cc([N+](=O)[O-])ccc1CC(=O)CCC(F)(F)F. The van der Waals surface area contributed by atoms with Gasteiger partial charge in [0, 0.05) is 25.0 Å². The molecule has 1 aromatic carbocycles. The number of hydrogen-bond acceptors (Lipinski definition) is 6. The van der Waals surface area contributed by atoms with Crippen LogP contribution in [0.1, 0.15) is 24.0 Å². The number of carbonyl (C=O) groups is 1. The number of nitro benzene ring substituents is 1. The van der Waals surface area contributed by atoms with Crippen LogP contribution < -0.4 is 0 Å². The first kappa shape index (κ1) is 20.0. The number of rotatable bonds is 8. The highest BCUT2D eigenvalue weighted by molar-refractivity contribution is 7.85. The molecule has 0 atom stereocenters. The highest BCUT2D eigenvalue weighted by Gasteiger charge is 2.28. The van der Waals surface area contributed by atoms with Crippen molar-refractivity contribution in [2.75, 3.05) is 6.26 Å². The molecule has 24 heavy (non-hydrogen) atoms. The van der Waals surface area contributed by atoms with E-state index in [4.69, 9.17) is 0 Å². The van der Waals surface area contributed by atoms with Crippen molar-refractivity contribution >= 4 is 21.6 Å². The number of hydrogen-bond donors (Lipinski definition) is 0. The number of halogens is 3. The van der Waals surface area contributed by atoms with Gasteiger partial charge >= 0.3 is 6.18 Å². The van der Waals surface area contributed by atoms with Crippen molar-refractivity contribution in [1.29, 1.82) is 0 Å². The van der Waals surface area contributed by atoms with E-state index >= 15 is 0 Å². The molecule has 0 saturated heterocycles. The fourth-order valence-electron chi connectivity index (χ4n) is 1.79. The third-order valence-electron chi connectivity index (χ3n) is 2.90. The first-order chi connectivity index (χ1) is 10.9. The van der Waals surface area contributed by atoms with Crippen LogP contribution in [0.2, 0.25) is 0 Å². The number of Topliss-reactive ketones (excluding diaryl/α,β-unsaturated/α-hetero) is 1. The van der Waals surface area contributed by atoms with E-state index in [1.807, 2.05) is 0 Å². The predicted octanol–water partition coefficient (Wildman–Crippen LogP) is 2.53. The molecule has 11 heteroatoms. The summed E-state index contributed by atoms with van der Waals surface area (Å²) in [6.07, 6.45) is -6.09. The maximum Gasteiger partial charge on any atom is 0.389 e. The minimum Gasteiger partial charge on any atom is -0.299 e. The molecule has 0 amide bonds. The van der Waals surface area contributed by atoms with Crippen LogP contribution >= 0.6 is 0 Å². The van der Waals surface area contributed by atoms with E-state index in [0.717, 1.165) is 18.4 Å². The van der Waals surface area contributed by atoms with Gasteiger partial charge in [0.05, 0.1) is 24.2 Å². The van der Waals surface area contributed by atoms with E-state index in [-0.39, 0.29) is 16.8 Å². The third-order valence-corrected chi connectivity index (χ3v) is 3.45. The summed E-state index contributed by atoms with van der Waals surface area (Å²) >= 11 is 0. The number of nitro groups is 1. The molecule has 0 spiro atoms. The first-order valence-corrected chi connectivity index (χ1v) is 8.38. The van der Waals surface area contributed by atoms with E-state index in [1.165, 1.54) is 6.07 Å². The van der Waals surface area contributed by atoms with Gasteiger partial charge < -0.3 is 0 Å². The maximum atomic E-state index is 12.1. The minimum atomic E-state index is -4.46. The van der Waals surface area contributed by atoms with Gasteiger partial charge in [0.1, 0.15) is 5.78 Å². The highest BCUT2D eigenvalue weighted by Crippen LogP contribution is 2.24. The minimum absolute atomic E-state index is 0.0509. The smallest absolute Gasteiger partial charge is 0.299 e. The average Bonchev–Trinajstić information content (AvgIpc) is 2.42. The lowest BCUT2D eigenvalue weighted by Crippen LogP contribution is -2.13. The molecule has 7 nitrogen and oxygen atoms in total. The molecule has 0 bridgehead atoms. The molecule has 0 aromatic heterocycles. The Morgan fingerprint density at radius 1 is 1.29 bits per heavy atom. The number of carbonyl (C=O) groups excluding carboxylic acids is 1. The van der Waals surface area contributed by atoms with Crippen LogP contribution in [0.4, 0.5) is 18.9 Å². The van der Waals surface area contributed by atoms with Crippen molar-refractivity contribution < 1.29 is 35.5 Å². The van der Waals surface area contributed by atoms with Crippen LogP contribution in [0.25, 0.3) is 0 Å². The Morgan fingerprint density at radius 3 is 2.42 bits per heavy atom. The van der Waals surface area contributed by atoms with E-state index in [9.17, 15) is 36.5 Å². The second-order valence-corrected chi connectivity index (χ2v) is 6.65. The predicted molar refractivity (Wildman–Crippen MR) is 76.7 cm³/mol. The quantitative estimate of drug-likeness (QED) is 0.396. The summed E-state index contributed by atoms with van der Waals surface area (Å²) < 4.78 is 62.9. The summed E-state index contributed by atoms with van der Waals surface area (Å²) in [7, 11) is -3.83. The van der Waals surface area contributed by atoms with E-state index in [2.05, 4.69) is 4.18 Å². The maximum absolute atomic E-state index is 12.1. The Kier molecular flexibility index (Phi) is 6.43. The zero-order chi connectivity index (χ0) is 18.5. The number of nitrogens with zero attached hydrogens (tertiary/aromatic N) is 1. The Morgan fingerprint density at radius 2 is 1.92 bits per heavy atom. The van der Waals surface area contributed by atoms with Crippen molar-refractivity contribution in [3.8, 4) is 0 Å². The summed E-state index contributed by atoms with van der Waals surface area (Å²) in [4.78, 5) is 21.7. The van der Waals surface area contributed by atoms with Gasteiger partial charge in [0.2, 0.25) is 0 Å². The number of ketones is 1. The molecule has 0 radical (unpaired) electrons. The van der Waals surface area contributed by atoms with Gasteiger partial charge in [-0.25, -0.2) is 0 Å². The van der Waals surface area contributed by atoms with Crippen LogP contribution in [0.15, 0.2) is 18.2 Å². The Bertz CT molecular complexity index is 730. The Balaban J connectivity index is 2.95. The Labute approximate surface area is 135 Å². The zero-order valence-corrected chi connectivity index (χ0v) is 13.3. The molecule has 0 unspecified atom stereocenters. The van der Waals surface area contributed by atoms with Crippen molar-refractivity contribution in [2.24, 2.45) is 0 Å². The zero-order valence-electron chi connectivity index (χ0n) is 12.5. The average molecular weight is 369 g/mol.